The smallest absolute Gasteiger partial charge is 0.272 e. The Kier molecular flexibility index (Phi) is 5.31. The number of nitro groups is 1. The van der Waals surface area contributed by atoms with Gasteiger partial charge in [0.15, 0.2) is 0 Å². The van der Waals surface area contributed by atoms with Crippen molar-refractivity contribution in [2.75, 3.05) is 19.6 Å². The van der Waals surface area contributed by atoms with Crippen LogP contribution in [0.25, 0.3) is 0 Å². The predicted octanol–water partition coefficient (Wildman–Crippen LogP) is 3.04. The molecule has 1 heterocycles. The molecule has 2 atom stereocenters. The van der Waals surface area contributed by atoms with E-state index in [9.17, 15) is 10.1 Å². The van der Waals surface area contributed by atoms with E-state index in [1.165, 1.54) is 25.9 Å². The van der Waals surface area contributed by atoms with Crippen LogP contribution in [0.3, 0.4) is 0 Å². The van der Waals surface area contributed by atoms with Gasteiger partial charge in [-0.25, -0.2) is 0 Å². The summed E-state index contributed by atoms with van der Waals surface area (Å²) < 4.78 is 0. The number of benzene rings is 1. The highest BCUT2D eigenvalue weighted by molar-refractivity contribution is 5.43. The summed E-state index contributed by atoms with van der Waals surface area (Å²) in [5.41, 5.74) is 1.89. The number of aryl methyl sites for hydroxylation is 1. The van der Waals surface area contributed by atoms with Gasteiger partial charge in [0.05, 0.1) is 4.92 Å². The fraction of sp³-hybridized carbons (Fsp3) is 0.625. The number of hydrogen-bond donors (Lipinski definition) is 1. The Morgan fingerprint density at radius 2 is 2.00 bits per heavy atom. The zero-order valence-corrected chi connectivity index (χ0v) is 13.1. The summed E-state index contributed by atoms with van der Waals surface area (Å²) >= 11 is 0. The molecule has 1 N–H and O–H groups in total. The van der Waals surface area contributed by atoms with Crippen LogP contribution < -0.4 is 5.32 Å². The molecule has 0 spiro atoms. The summed E-state index contributed by atoms with van der Waals surface area (Å²) in [5.74, 6) is 0. The zero-order valence-electron chi connectivity index (χ0n) is 13.1. The quantitative estimate of drug-likeness (QED) is 0.646. The van der Waals surface area contributed by atoms with Crippen molar-refractivity contribution in [2.45, 2.75) is 45.7 Å². The van der Waals surface area contributed by atoms with E-state index in [2.05, 4.69) is 24.1 Å². The standard InChI is InChI=1S/C16H25N3O2/c1-12-6-7-15(10-16(12)19(20)21)14(3)17-11-13(2)18-8-4-5-9-18/h6-7,10,13-14,17H,4-5,8-9,11H2,1-3H3. The van der Waals surface area contributed by atoms with E-state index in [1.807, 2.05) is 12.1 Å². The molecule has 0 aliphatic carbocycles. The summed E-state index contributed by atoms with van der Waals surface area (Å²) in [6.45, 7) is 9.35. The number of nitrogens with one attached hydrogen (secondary N) is 1. The van der Waals surface area contributed by atoms with Gasteiger partial charge in [-0.3, -0.25) is 15.0 Å². The Hall–Kier alpha value is -1.46. The first-order chi connectivity index (χ1) is 9.99. The van der Waals surface area contributed by atoms with Crippen LogP contribution in [-0.2, 0) is 0 Å². The van der Waals surface area contributed by atoms with E-state index in [-0.39, 0.29) is 16.7 Å². The molecule has 116 valence electrons. The maximum absolute atomic E-state index is 11.0. The second-order valence-corrected chi connectivity index (χ2v) is 6.03. The van der Waals surface area contributed by atoms with Crippen LogP contribution in [0, 0.1) is 17.0 Å². The molecule has 0 amide bonds. The van der Waals surface area contributed by atoms with Crippen molar-refractivity contribution < 1.29 is 4.92 Å². The van der Waals surface area contributed by atoms with E-state index < -0.39 is 0 Å². The number of rotatable bonds is 6. The average Bonchev–Trinajstić information content (AvgIpc) is 2.98. The van der Waals surface area contributed by atoms with Crippen molar-refractivity contribution in [3.63, 3.8) is 0 Å². The van der Waals surface area contributed by atoms with Gasteiger partial charge in [0.2, 0.25) is 0 Å². The predicted molar refractivity (Wildman–Crippen MR) is 84.5 cm³/mol. The van der Waals surface area contributed by atoms with Gasteiger partial charge in [-0.1, -0.05) is 12.1 Å². The molecule has 1 aliphatic heterocycles. The minimum Gasteiger partial charge on any atom is -0.309 e. The highest BCUT2D eigenvalue weighted by Gasteiger charge is 2.19. The zero-order chi connectivity index (χ0) is 15.4. The van der Waals surface area contributed by atoms with E-state index in [4.69, 9.17) is 0 Å². The first-order valence-corrected chi connectivity index (χ1v) is 7.71. The molecule has 5 nitrogen and oxygen atoms in total. The van der Waals surface area contributed by atoms with Crippen LogP contribution in [0.1, 0.15) is 43.9 Å². The molecule has 21 heavy (non-hydrogen) atoms. The highest BCUT2D eigenvalue weighted by Crippen LogP contribution is 2.23. The van der Waals surface area contributed by atoms with Gasteiger partial charge < -0.3 is 5.32 Å². The molecule has 1 fully saturated rings. The maximum atomic E-state index is 11.0. The van der Waals surface area contributed by atoms with E-state index >= 15 is 0 Å². The van der Waals surface area contributed by atoms with Crippen LogP contribution in [-0.4, -0.2) is 35.5 Å². The molecule has 0 saturated carbocycles. The van der Waals surface area contributed by atoms with Crippen molar-refractivity contribution in [3.05, 3.63) is 39.4 Å². The first kappa shape index (κ1) is 15.9. The Morgan fingerprint density at radius 3 is 2.62 bits per heavy atom. The molecule has 2 rings (SSSR count). The Labute approximate surface area is 126 Å². The number of likely N-dealkylation sites (tertiary alicyclic amines) is 1. The molecule has 1 saturated heterocycles. The molecule has 1 aliphatic rings. The second-order valence-electron chi connectivity index (χ2n) is 6.03. The van der Waals surface area contributed by atoms with Crippen LogP contribution >= 0.6 is 0 Å². The highest BCUT2D eigenvalue weighted by atomic mass is 16.6. The van der Waals surface area contributed by atoms with Gasteiger partial charge in [0, 0.05) is 30.3 Å². The van der Waals surface area contributed by atoms with Gasteiger partial charge >= 0.3 is 0 Å². The van der Waals surface area contributed by atoms with Crippen molar-refractivity contribution in [1.82, 2.24) is 10.2 Å². The molecular weight excluding hydrogens is 266 g/mol. The van der Waals surface area contributed by atoms with Crippen LogP contribution in [0.2, 0.25) is 0 Å². The van der Waals surface area contributed by atoms with E-state index in [0.29, 0.717) is 11.6 Å². The fourth-order valence-electron chi connectivity index (χ4n) is 2.87. The third kappa shape index (κ3) is 4.02. The van der Waals surface area contributed by atoms with Gasteiger partial charge in [0.1, 0.15) is 0 Å². The van der Waals surface area contributed by atoms with Crippen molar-refractivity contribution >= 4 is 5.69 Å². The van der Waals surface area contributed by atoms with Crippen molar-refractivity contribution in [2.24, 2.45) is 0 Å². The SMILES string of the molecule is Cc1ccc(C(C)NCC(C)N2CCCC2)cc1[N+](=O)[O-]. The number of nitro benzene ring substituents is 1. The van der Waals surface area contributed by atoms with Crippen molar-refractivity contribution in [3.8, 4) is 0 Å². The lowest BCUT2D eigenvalue weighted by Gasteiger charge is -2.26. The Bertz CT molecular complexity index is 498. The Balaban J connectivity index is 1.95. The maximum Gasteiger partial charge on any atom is 0.272 e. The molecule has 1 aromatic rings. The Morgan fingerprint density at radius 1 is 1.33 bits per heavy atom. The summed E-state index contributed by atoms with van der Waals surface area (Å²) in [6.07, 6.45) is 2.59. The van der Waals surface area contributed by atoms with Gasteiger partial charge in [-0.2, -0.15) is 0 Å². The first-order valence-electron chi connectivity index (χ1n) is 7.71. The lowest BCUT2D eigenvalue weighted by molar-refractivity contribution is -0.385. The summed E-state index contributed by atoms with van der Waals surface area (Å²) in [4.78, 5) is 13.2. The average molecular weight is 291 g/mol. The van der Waals surface area contributed by atoms with E-state index in [1.54, 1.807) is 13.0 Å². The third-order valence-corrected chi connectivity index (χ3v) is 4.41. The third-order valence-electron chi connectivity index (χ3n) is 4.41. The van der Waals surface area contributed by atoms with Crippen LogP contribution in [0.5, 0.6) is 0 Å². The lowest BCUT2D eigenvalue weighted by Crippen LogP contribution is -2.39. The van der Waals surface area contributed by atoms with Crippen LogP contribution in [0.15, 0.2) is 18.2 Å². The van der Waals surface area contributed by atoms with E-state index in [0.717, 1.165) is 12.1 Å². The molecular formula is C16H25N3O2. The molecule has 5 heteroatoms. The number of nitrogens with zero attached hydrogens (tertiary/aromatic N) is 2. The minimum atomic E-state index is -0.307. The van der Waals surface area contributed by atoms with Gasteiger partial charge in [0.25, 0.3) is 5.69 Å². The van der Waals surface area contributed by atoms with Crippen molar-refractivity contribution in [1.29, 1.82) is 0 Å². The fourth-order valence-corrected chi connectivity index (χ4v) is 2.87. The summed E-state index contributed by atoms with van der Waals surface area (Å²) in [7, 11) is 0. The van der Waals surface area contributed by atoms with Gasteiger partial charge in [-0.15, -0.1) is 0 Å². The summed E-state index contributed by atoms with van der Waals surface area (Å²) in [5, 5.41) is 14.5. The minimum absolute atomic E-state index is 0.120. The molecule has 0 bridgehead atoms. The topological polar surface area (TPSA) is 58.4 Å². The molecule has 1 aromatic carbocycles. The molecule has 2 unspecified atom stereocenters. The molecule has 0 radical (unpaired) electrons. The number of hydrogen-bond acceptors (Lipinski definition) is 4. The lowest BCUT2D eigenvalue weighted by atomic mass is 10.0. The van der Waals surface area contributed by atoms with Gasteiger partial charge in [-0.05, 0) is 52.3 Å². The second kappa shape index (κ2) is 7.00. The monoisotopic (exact) mass is 291 g/mol. The summed E-state index contributed by atoms with van der Waals surface area (Å²) in [6, 6.07) is 6.12. The molecule has 0 aromatic heterocycles. The normalized spacial score (nSPS) is 18.6. The van der Waals surface area contributed by atoms with Crippen LogP contribution in [0.4, 0.5) is 5.69 Å². The largest absolute Gasteiger partial charge is 0.309 e.